The van der Waals surface area contributed by atoms with Gasteiger partial charge in [0.1, 0.15) is 0 Å². The summed E-state index contributed by atoms with van der Waals surface area (Å²) in [5.41, 5.74) is 1.59. The summed E-state index contributed by atoms with van der Waals surface area (Å²) in [5, 5.41) is 24.7. The number of nitro groups is 1. The Bertz CT molecular complexity index is 830. The molecule has 0 aromatic heterocycles. The quantitative estimate of drug-likeness (QED) is 0.632. The molecule has 0 saturated heterocycles. The van der Waals surface area contributed by atoms with Crippen molar-refractivity contribution >= 4 is 23.3 Å². The zero-order valence-corrected chi connectivity index (χ0v) is 14.9. The third-order valence-electron chi connectivity index (χ3n) is 6.78. The van der Waals surface area contributed by atoms with E-state index >= 15 is 0 Å². The lowest BCUT2D eigenvalue weighted by Crippen LogP contribution is -2.40. The molecule has 0 aliphatic heterocycles. The molecule has 2 bridgehead atoms. The van der Waals surface area contributed by atoms with Crippen LogP contribution in [-0.2, 0) is 4.79 Å². The molecule has 0 spiro atoms. The first kappa shape index (κ1) is 18.0. The van der Waals surface area contributed by atoms with Crippen LogP contribution in [0.5, 0.6) is 0 Å². The van der Waals surface area contributed by atoms with Gasteiger partial charge >= 0.3 is 5.97 Å². The second-order valence-electron chi connectivity index (χ2n) is 7.82. The lowest BCUT2D eigenvalue weighted by Gasteiger charge is -2.37. The van der Waals surface area contributed by atoms with Crippen molar-refractivity contribution in [3.63, 3.8) is 0 Å². The zero-order chi connectivity index (χ0) is 19.3. The average molecular weight is 359 g/mol. The van der Waals surface area contributed by atoms with E-state index in [0.717, 1.165) is 0 Å². The Kier molecular flexibility index (Phi) is 3.90. The molecule has 2 unspecified atom stereocenters. The molecule has 2 N–H and O–H groups in total. The Balaban J connectivity index is 1.82. The van der Waals surface area contributed by atoms with Gasteiger partial charge in [-0.05, 0) is 30.4 Å². The number of hydrazone groups is 1. The summed E-state index contributed by atoms with van der Waals surface area (Å²) in [4.78, 5) is 34.3. The molecule has 1 amide bonds. The lowest BCUT2D eigenvalue weighted by molar-refractivity contribution is -0.384. The van der Waals surface area contributed by atoms with Gasteiger partial charge in [-0.15, -0.1) is 0 Å². The molecule has 2 aliphatic rings. The fraction of sp³-hybridized carbons (Fsp3) is 0.500. The van der Waals surface area contributed by atoms with Crippen LogP contribution < -0.4 is 5.43 Å². The van der Waals surface area contributed by atoms with Crippen LogP contribution in [0.1, 0.15) is 50.4 Å². The van der Waals surface area contributed by atoms with Crippen molar-refractivity contribution < 1.29 is 19.6 Å². The summed E-state index contributed by atoms with van der Waals surface area (Å²) in [6, 6.07) is 5.23. The number of hydrogen-bond acceptors (Lipinski definition) is 5. The van der Waals surface area contributed by atoms with Crippen LogP contribution in [-0.4, -0.2) is 27.6 Å². The molecule has 0 heterocycles. The third kappa shape index (κ3) is 2.24. The normalized spacial score (nSPS) is 30.3. The maximum atomic E-state index is 12.3. The van der Waals surface area contributed by atoms with Crippen molar-refractivity contribution in [2.75, 3.05) is 0 Å². The number of carboxylic acids is 1. The van der Waals surface area contributed by atoms with E-state index < -0.39 is 33.0 Å². The molecule has 1 aromatic carbocycles. The van der Waals surface area contributed by atoms with Gasteiger partial charge < -0.3 is 5.11 Å². The first-order valence-electron chi connectivity index (χ1n) is 8.40. The summed E-state index contributed by atoms with van der Waals surface area (Å²) in [7, 11) is 0. The number of aliphatic carboxylic acids is 1. The number of benzene rings is 1. The zero-order valence-electron chi connectivity index (χ0n) is 14.9. The van der Waals surface area contributed by atoms with Crippen molar-refractivity contribution in [3.05, 3.63) is 39.9 Å². The molecule has 2 atom stereocenters. The fourth-order valence-electron chi connectivity index (χ4n) is 4.44. The van der Waals surface area contributed by atoms with Crippen LogP contribution in [0, 0.1) is 26.4 Å². The lowest BCUT2D eigenvalue weighted by atomic mass is 9.65. The number of nitrogens with zero attached hydrogens (tertiary/aromatic N) is 2. The number of non-ortho nitro benzene ring substituents is 1. The Hall–Kier alpha value is -2.77. The molecule has 8 heteroatoms. The largest absolute Gasteiger partial charge is 0.481 e. The molecule has 3 rings (SSSR count). The van der Waals surface area contributed by atoms with Crippen molar-refractivity contribution in [2.45, 2.75) is 40.0 Å². The Morgan fingerprint density at radius 2 is 1.81 bits per heavy atom. The van der Waals surface area contributed by atoms with Crippen LogP contribution in [0.25, 0.3) is 0 Å². The van der Waals surface area contributed by atoms with Crippen LogP contribution in [0.2, 0.25) is 0 Å². The minimum atomic E-state index is -0.862. The van der Waals surface area contributed by atoms with Crippen molar-refractivity contribution in [1.29, 1.82) is 0 Å². The molecule has 2 fully saturated rings. The van der Waals surface area contributed by atoms with Gasteiger partial charge in [0.2, 0.25) is 0 Å². The predicted octanol–water partition coefficient (Wildman–Crippen LogP) is 2.98. The molecular weight excluding hydrogens is 338 g/mol. The topological polar surface area (TPSA) is 122 Å². The second-order valence-corrected chi connectivity index (χ2v) is 7.82. The fourth-order valence-corrected chi connectivity index (χ4v) is 4.44. The standard InChI is InChI=1S/C18H21N3O5/c1-16(2)17(3)8-9-18(16,15(23)24)10-13(17)19-20-14(22)11-4-6-12(7-5-11)21(25)26/h4-7H,8-10H2,1-3H3,(H,20,22)(H,23,24)/b19-13+. The van der Waals surface area contributed by atoms with Gasteiger partial charge in [0.25, 0.3) is 11.6 Å². The van der Waals surface area contributed by atoms with E-state index in [0.29, 0.717) is 25.0 Å². The molecular formula is C18H21N3O5. The van der Waals surface area contributed by atoms with E-state index in [1.165, 1.54) is 24.3 Å². The van der Waals surface area contributed by atoms with Crippen LogP contribution in [0.4, 0.5) is 5.69 Å². The van der Waals surface area contributed by atoms with Crippen molar-refractivity contribution in [2.24, 2.45) is 21.3 Å². The van der Waals surface area contributed by atoms with Crippen LogP contribution >= 0.6 is 0 Å². The minimum absolute atomic E-state index is 0.0985. The number of carboxylic acid groups (broad SMARTS) is 1. The molecule has 8 nitrogen and oxygen atoms in total. The maximum Gasteiger partial charge on any atom is 0.310 e. The van der Waals surface area contributed by atoms with E-state index in [9.17, 15) is 24.8 Å². The van der Waals surface area contributed by atoms with Gasteiger partial charge in [0, 0.05) is 35.2 Å². The summed E-state index contributed by atoms with van der Waals surface area (Å²) < 4.78 is 0. The van der Waals surface area contributed by atoms with Gasteiger partial charge in [0.05, 0.1) is 10.3 Å². The van der Waals surface area contributed by atoms with Gasteiger partial charge in [0.15, 0.2) is 0 Å². The van der Waals surface area contributed by atoms with E-state index in [2.05, 4.69) is 10.5 Å². The minimum Gasteiger partial charge on any atom is -0.481 e. The average Bonchev–Trinajstić information content (AvgIpc) is 2.90. The van der Waals surface area contributed by atoms with Crippen molar-refractivity contribution in [3.8, 4) is 0 Å². The highest BCUT2D eigenvalue weighted by Gasteiger charge is 2.71. The molecule has 138 valence electrons. The number of carbonyl (C=O) groups excluding carboxylic acids is 1. The van der Waals surface area contributed by atoms with E-state index in [4.69, 9.17) is 0 Å². The Labute approximate surface area is 150 Å². The summed E-state index contributed by atoms with van der Waals surface area (Å²) in [6.45, 7) is 5.91. The highest BCUT2D eigenvalue weighted by atomic mass is 16.6. The Morgan fingerprint density at radius 1 is 1.19 bits per heavy atom. The number of carbonyl (C=O) groups is 2. The smallest absolute Gasteiger partial charge is 0.310 e. The van der Waals surface area contributed by atoms with E-state index in [1.807, 2.05) is 20.8 Å². The highest BCUT2D eigenvalue weighted by Crippen LogP contribution is 2.70. The van der Waals surface area contributed by atoms with Gasteiger partial charge in [-0.2, -0.15) is 5.10 Å². The second kappa shape index (κ2) is 5.62. The molecule has 2 aliphatic carbocycles. The number of nitro benzene ring substituents is 1. The van der Waals surface area contributed by atoms with Gasteiger partial charge in [-0.3, -0.25) is 19.7 Å². The summed E-state index contributed by atoms with van der Waals surface area (Å²) >= 11 is 0. The number of nitrogens with one attached hydrogen (secondary N) is 1. The van der Waals surface area contributed by atoms with E-state index in [-0.39, 0.29) is 11.3 Å². The van der Waals surface area contributed by atoms with Crippen LogP contribution in [0.15, 0.2) is 29.4 Å². The monoisotopic (exact) mass is 359 g/mol. The highest BCUT2D eigenvalue weighted by molar-refractivity contribution is 6.02. The molecule has 0 radical (unpaired) electrons. The maximum absolute atomic E-state index is 12.3. The molecule has 2 saturated carbocycles. The number of hydrogen-bond donors (Lipinski definition) is 2. The van der Waals surface area contributed by atoms with Gasteiger partial charge in [-0.25, -0.2) is 5.43 Å². The van der Waals surface area contributed by atoms with Gasteiger partial charge in [-0.1, -0.05) is 20.8 Å². The predicted molar refractivity (Wildman–Crippen MR) is 93.8 cm³/mol. The summed E-state index contributed by atoms with van der Waals surface area (Å²) in [6.07, 6.45) is 1.62. The third-order valence-corrected chi connectivity index (χ3v) is 6.78. The summed E-state index contributed by atoms with van der Waals surface area (Å²) in [5.74, 6) is -1.31. The molecule has 26 heavy (non-hydrogen) atoms. The SMILES string of the molecule is CC12CCC(C(=O)O)(C/C1=N\NC(=O)c1ccc([N+](=O)[O-])cc1)C2(C)C. The number of amides is 1. The Morgan fingerprint density at radius 3 is 2.31 bits per heavy atom. The molecule has 1 aromatic rings. The number of fused-ring (bicyclic) bond motifs is 2. The first-order chi connectivity index (χ1) is 12.0. The first-order valence-corrected chi connectivity index (χ1v) is 8.40. The van der Waals surface area contributed by atoms with Crippen molar-refractivity contribution in [1.82, 2.24) is 5.43 Å². The van der Waals surface area contributed by atoms with E-state index in [1.54, 1.807) is 0 Å². The van der Waals surface area contributed by atoms with Crippen LogP contribution in [0.3, 0.4) is 0 Å². The number of rotatable bonds is 4.